The molecule has 0 saturated carbocycles. The largest absolute Gasteiger partial charge is 0.453 e. The molecule has 5 heteroatoms. The van der Waals surface area contributed by atoms with Gasteiger partial charge >= 0.3 is 0 Å². The van der Waals surface area contributed by atoms with Gasteiger partial charge in [0.05, 0.1) is 12.1 Å². The van der Waals surface area contributed by atoms with E-state index in [0.29, 0.717) is 17.2 Å². The van der Waals surface area contributed by atoms with E-state index in [0.717, 1.165) is 36.9 Å². The average Bonchev–Trinajstić information content (AvgIpc) is 3.21. The van der Waals surface area contributed by atoms with Crippen LogP contribution in [0.1, 0.15) is 25.0 Å². The standard InChI is InChI=1S/C18H18N2O3/c21-18(20-8-4-1-5-9-20)12-14-11-17(23-19-14)16-10-13-6-2-3-7-15(13)22-16/h2-3,6-7,10-11H,1,4-5,8-9,12H2. The first-order valence-corrected chi connectivity index (χ1v) is 8.02. The van der Waals surface area contributed by atoms with Crippen molar-refractivity contribution >= 4 is 16.9 Å². The molecule has 1 aliphatic rings. The van der Waals surface area contributed by atoms with Crippen molar-refractivity contribution in [3.63, 3.8) is 0 Å². The Bertz CT molecular complexity index is 795. The highest BCUT2D eigenvalue weighted by Gasteiger charge is 2.19. The van der Waals surface area contributed by atoms with Gasteiger partial charge in [-0.2, -0.15) is 0 Å². The Hall–Kier alpha value is -2.56. The van der Waals surface area contributed by atoms with E-state index < -0.39 is 0 Å². The number of amides is 1. The minimum atomic E-state index is 0.120. The first-order valence-electron chi connectivity index (χ1n) is 8.02. The van der Waals surface area contributed by atoms with Crippen LogP contribution in [0.3, 0.4) is 0 Å². The number of benzene rings is 1. The molecule has 5 nitrogen and oxygen atoms in total. The van der Waals surface area contributed by atoms with Gasteiger partial charge in [0.15, 0.2) is 5.76 Å². The van der Waals surface area contributed by atoms with Gasteiger partial charge < -0.3 is 13.8 Å². The topological polar surface area (TPSA) is 59.5 Å². The number of piperidine rings is 1. The highest BCUT2D eigenvalue weighted by atomic mass is 16.5. The normalized spacial score (nSPS) is 15.2. The predicted molar refractivity (Wildman–Crippen MR) is 85.8 cm³/mol. The maximum Gasteiger partial charge on any atom is 0.228 e. The lowest BCUT2D eigenvalue weighted by Gasteiger charge is -2.26. The summed E-state index contributed by atoms with van der Waals surface area (Å²) in [6, 6.07) is 11.5. The van der Waals surface area contributed by atoms with Crippen molar-refractivity contribution in [1.29, 1.82) is 0 Å². The molecule has 0 N–H and O–H groups in total. The van der Waals surface area contributed by atoms with Crippen LogP contribution in [0.4, 0.5) is 0 Å². The zero-order chi connectivity index (χ0) is 15.6. The van der Waals surface area contributed by atoms with E-state index in [9.17, 15) is 4.79 Å². The van der Waals surface area contributed by atoms with Crippen LogP contribution in [0, 0.1) is 0 Å². The van der Waals surface area contributed by atoms with Crippen molar-refractivity contribution in [2.45, 2.75) is 25.7 Å². The molecule has 3 heterocycles. The summed E-state index contributed by atoms with van der Waals surface area (Å²) in [7, 11) is 0. The van der Waals surface area contributed by atoms with Crippen LogP contribution in [0.2, 0.25) is 0 Å². The minimum absolute atomic E-state index is 0.120. The molecule has 23 heavy (non-hydrogen) atoms. The monoisotopic (exact) mass is 310 g/mol. The van der Waals surface area contributed by atoms with E-state index in [2.05, 4.69) is 5.16 Å². The number of para-hydroxylation sites is 1. The molecule has 4 rings (SSSR count). The van der Waals surface area contributed by atoms with Crippen molar-refractivity contribution < 1.29 is 13.7 Å². The number of hydrogen-bond donors (Lipinski definition) is 0. The number of rotatable bonds is 3. The molecule has 0 spiro atoms. The van der Waals surface area contributed by atoms with Crippen LogP contribution in [-0.2, 0) is 11.2 Å². The number of nitrogens with zero attached hydrogens (tertiary/aromatic N) is 2. The zero-order valence-electron chi connectivity index (χ0n) is 12.8. The van der Waals surface area contributed by atoms with Crippen LogP contribution in [0.15, 0.2) is 45.3 Å². The lowest BCUT2D eigenvalue weighted by atomic mass is 10.1. The second kappa shape index (κ2) is 5.91. The summed E-state index contributed by atoms with van der Waals surface area (Å²) in [5.74, 6) is 1.31. The molecule has 0 atom stereocenters. The van der Waals surface area contributed by atoms with Gasteiger partial charge in [-0.25, -0.2) is 0 Å². The second-order valence-corrected chi connectivity index (χ2v) is 5.95. The molecule has 1 aromatic carbocycles. The smallest absolute Gasteiger partial charge is 0.228 e. The molecule has 3 aromatic rings. The Balaban J connectivity index is 1.51. The number of hydrogen-bond acceptors (Lipinski definition) is 4. The summed E-state index contributed by atoms with van der Waals surface area (Å²) < 4.78 is 11.1. The molecule has 1 saturated heterocycles. The molecule has 0 radical (unpaired) electrons. The van der Waals surface area contributed by atoms with E-state index in [-0.39, 0.29) is 12.3 Å². The van der Waals surface area contributed by atoms with Gasteiger partial charge in [-0.1, -0.05) is 23.4 Å². The van der Waals surface area contributed by atoms with Crippen LogP contribution >= 0.6 is 0 Å². The van der Waals surface area contributed by atoms with Gasteiger partial charge in [0.1, 0.15) is 5.58 Å². The maximum atomic E-state index is 12.3. The number of carbonyl (C=O) groups is 1. The fourth-order valence-electron chi connectivity index (χ4n) is 3.02. The minimum Gasteiger partial charge on any atom is -0.453 e. The van der Waals surface area contributed by atoms with Crippen LogP contribution in [0.5, 0.6) is 0 Å². The quantitative estimate of drug-likeness (QED) is 0.741. The van der Waals surface area contributed by atoms with Gasteiger partial charge in [-0.05, 0) is 31.4 Å². The lowest BCUT2D eigenvalue weighted by molar-refractivity contribution is -0.131. The summed E-state index contributed by atoms with van der Waals surface area (Å²) in [5.41, 5.74) is 1.46. The molecule has 118 valence electrons. The molecular formula is C18H18N2O3. The Morgan fingerprint density at radius 2 is 1.91 bits per heavy atom. The summed E-state index contributed by atoms with van der Waals surface area (Å²) in [6.45, 7) is 1.71. The van der Waals surface area contributed by atoms with Gasteiger partial charge in [-0.3, -0.25) is 4.79 Å². The highest BCUT2D eigenvalue weighted by molar-refractivity contribution is 5.82. The molecule has 0 bridgehead atoms. The lowest BCUT2D eigenvalue weighted by Crippen LogP contribution is -2.36. The van der Waals surface area contributed by atoms with Crippen molar-refractivity contribution in [2.75, 3.05) is 13.1 Å². The number of furan rings is 1. The van der Waals surface area contributed by atoms with Crippen molar-refractivity contribution in [3.05, 3.63) is 42.1 Å². The first-order chi connectivity index (χ1) is 11.3. The summed E-state index contributed by atoms with van der Waals surface area (Å²) in [4.78, 5) is 14.2. The molecule has 2 aromatic heterocycles. The Labute approximate surface area is 133 Å². The van der Waals surface area contributed by atoms with Gasteiger partial charge in [0.2, 0.25) is 11.7 Å². The zero-order valence-corrected chi connectivity index (χ0v) is 12.8. The van der Waals surface area contributed by atoms with Gasteiger partial charge in [0.25, 0.3) is 0 Å². The Kier molecular flexibility index (Phi) is 3.61. The van der Waals surface area contributed by atoms with Gasteiger partial charge in [0, 0.05) is 24.5 Å². The second-order valence-electron chi connectivity index (χ2n) is 5.95. The SMILES string of the molecule is O=C(Cc1cc(-c2cc3ccccc3o2)on1)N1CCCCC1. The van der Waals surface area contributed by atoms with E-state index in [4.69, 9.17) is 8.94 Å². The molecular weight excluding hydrogens is 292 g/mol. The summed E-state index contributed by atoms with van der Waals surface area (Å²) >= 11 is 0. The third-order valence-corrected chi connectivity index (χ3v) is 4.27. The van der Waals surface area contributed by atoms with E-state index in [1.165, 1.54) is 6.42 Å². The molecule has 0 aliphatic carbocycles. The number of aromatic nitrogens is 1. The van der Waals surface area contributed by atoms with E-state index in [1.54, 1.807) is 6.07 Å². The van der Waals surface area contributed by atoms with Crippen molar-refractivity contribution in [3.8, 4) is 11.5 Å². The average molecular weight is 310 g/mol. The van der Waals surface area contributed by atoms with Crippen LogP contribution in [-0.4, -0.2) is 29.1 Å². The third-order valence-electron chi connectivity index (χ3n) is 4.27. The Morgan fingerprint density at radius 3 is 2.74 bits per heavy atom. The van der Waals surface area contributed by atoms with E-state index in [1.807, 2.05) is 35.2 Å². The van der Waals surface area contributed by atoms with Crippen LogP contribution < -0.4 is 0 Å². The number of carbonyl (C=O) groups excluding carboxylic acids is 1. The van der Waals surface area contributed by atoms with Gasteiger partial charge in [-0.15, -0.1) is 0 Å². The maximum absolute atomic E-state index is 12.3. The Morgan fingerprint density at radius 1 is 1.09 bits per heavy atom. The number of likely N-dealkylation sites (tertiary alicyclic amines) is 1. The molecule has 1 amide bonds. The predicted octanol–water partition coefficient (Wildman–Crippen LogP) is 3.64. The van der Waals surface area contributed by atoms with Crippen LogP contribution in [0.25, 0.3) is 22.5 Å². The fraction of sp³-hybridized carbons (Fsp3) is 0.333. The summed E-state index contributed by atoms with van der Waals surface area (Å²) in [5, 5.41) is 5.03. The third kappa shape index (κ3) is 2.86. The molecule has 1 aliphatic heterocycles. The van der Waals surface area contributed by atoms with Crippen molar-refractivity contribution in [1.82, 2.24) is 10.1 Å². The fourth-order valence-corrected chi connectivity index (χ4v) is 3.02. The van der Waals surface area contributed by atoms with Crippen molar-refractivity contribution in [2.24, 2.45) is 0 Å². The highest BCUT2D eigenvalue weighted by Crippen LogP contribution is 2.28. The first kappa shape index (κ1) is 14.1. The van der Waals surface area contributed by atoms with E-state index >= 15 is 0 Å². The summed E-state index contributed by atoms with van der Waals surface area (Å²) in [6.07, 6.45) is 3.68. The number of fused-ring (bicyclic) bond motifs is 1. The molecule has 1 fully saturated rings. The molecule has 0 unspecified atom stereocenters.